The van der Waals surface area contributed by atoms with Gasteiger partial charge in [0.25, 0.3) is 0 Å². The molecule has 0 bridgehead atoms. The van der Waals surface area contributed by atoms with E-state index in [1.54, 1.807) is 0 Å². The molecule has 2 fully saturated rings. The Morgan fingerprint density at radius 1 is 1.39 bits per heavy atom. The zero-order valence-electron chi connectivity index (χ0n) is 11.2. The molecule has 18 heavy (non-hydrogen) atoms. The van der Waals surface area contributed by atoms with E-state index >= 15 is 0 Å². The van der Waals surface area contributed by atoms with Gasteiger partial charge in [-0.25, -0.2) is 0 Å². The molecular weight excluding hydrogens is 226 g/mol. The van der Waals surface area contributed by atoms with E-state index in [0.717, 1.165) is 24.9 Å². The van der Waals surface area contributed by atoms with Gasteiger partial charge in [0.2, 0.25) is 0 Å². The molecule has 2 aliphatic rings. The molecule has 1 aromatic heterocycles. The zero-order chi connectivity index (χ0) is 12.4. The third-order valence-corrected chi connectivity index (χ3v) is 4.24. The van der Waals surface area contributed by atoms with Crippen molar-refractivity contribution in [2.45, 2.75) is 32.0 Å². The van der Waals surface area contributed by atoms with Gasteiger partial charge in [0.05, 0.1) is 12.8 Å². The number of furan rings is 1. The van der Waals surface area contributed by atoms with Crippen LogP contribution in [0.15, 0.2) is 16.7 Å². The summed E-state index contributed by atoms with van der Waals surface area (Å²) >= 11 is 0. The van der Waals surface area contributed by atoms with Crippen LogP contribution in [0.4, 0.5) is 0 Å². The first-order chi connectivity index (χ1) is 8.86. The topological polar surface area (TPSA) is 31.7 Å². The van der Waals surface area contributed by atoms with Crippen molar-refractivity contribution in [1.82, 2.24) is 15.1 Å². The number of fused-ring (bicyclic) bond motifs is 1. The van der Waals surface area contributed by atoms with Gasteiger partial charge in [0.15, 0.2) is 0 Å². The average Bonchev–Trinajstić information content (AvgIpc) is 2.99. The van der Waals surface area contributed by atoms with Crippen LogP contribution in [0.1, 0.15) is 24.2 Å². The van der Waals surface area contributed by atoms with Crippen molar-refractivity contribution in [3.8, 4) is 0 Å². The molecule has 0 aliphatic carbocycles. The summed E-state index contributed by atoms with van der Waals surface area (Å²) in [5.41, 5.74) is 1.34. The van der Waals surface area contributed by atoms with E-state index < -0.39 is 0 Å². The van der Waals surface area contributed by atoms with Gasteiger partial charge in [-0.05, 0) is 32.5 Å². The molecule has 100 valence electrons. The Hall–Kier alpha value is -0.840. The van der Waals surface area contributed by atoms with Crippen molar-refractivity contribution < 1.29 is 4.42 Å². The minimum absolute atomic E-state index is 0.804. The summed E-state index contributed by atoms with van der Waals surface area (Å²) in [5.74, 6) is 1.09. The Morgan fingerprint density at radius 2 is 2.33 bits per heavy atom. The predicted molar refractivity (Wildman–Crippen MR) is 71.3 cm³/mol. The lowest BCUT2D eigenvalue weighted by Gasteiger charge is -2.37. The fraction of sp³-hybridized carbons (Fsp3) is 0.714. The molecule has 1 atom stereocenters. The van der Waals surface area contributed by atoms with Crippen LogP contribution in [0.3, 0.4) is 0 Å². The van der Waals surface area contributed by atoms with Crippen LogP contribution in [0.5, 0.6) is 0 Å². The van der Waals surface area contributed by atoms with Crippen molar-refractivity contribution in [2.75, 3.05) is 33.2 Å². The van der Waals surface area contributed by atoms with Crippen LogP contribution < -0.4 is 5.32 Å². The summed E-state index contributed by atoms with van der Waals surface area (Å²) in [6, 6.07) is 2.92. The summed E-state index contributed by atoms with van der Waals surface area (Å²) in [6.45, 7) is 6.84. The molecule has 2 aliphatic heterocycles. The Kier molecular flexibility index (Phi) is 3.68. The number of nitrogens with one attached hydrogen (secondary N) is 1. The quantitative estimate of drug-likeness (QED) is 0.871. The minimum Gasteiger partial charge on any atom is -0.468 e. The van der Waals surface area contributed by atoms with Crippen LogP contribution >= 0.6 is 0 Å². The van der Waals surface area contributed by atoms with Crippen molar-refractivity contribution in [2.24, 2.45) is 0 Å². The lowest BCUT2D eigenvalue weighted by atomic mass is 10.1. The molecule has 4 nitrogen and oxygen atoms in total. The average molecular weight is 249 g/mol. The molecule has 0 saturated carbocycles. The lowest BCUT2D eigenvalue weighted by molar-refractivity contribution is 0.0989. The van der Waals surface area contributed by atoms with Gasteiger partial charge >= 0.3 is 0 Å². The number of hydrogen-bond donors (Lipinski definition) is 1. The standard InChI is InChI=1S/C14H23N3O/c1-15-9-14-12(4-8-18-14)10-16-6-7-17-5-2-3-13(17)11-16/h4,8,13,15H,2-3,5-7,9-11H2,1H3. The summed E-state index contributed by atoms with van der Waals surface area (Å²) in [7, 11) is 1.96. The predicted octanol–water partition coefficient (Wildman–Crippen LogP) is 1.28. The Balaban J connectivity index is 1.60. The van der Waals surface area contributed by atoms with E-state index in [4.69, 9.17) is 4.42 Å². The number of nitrogens with zero attached hydrogens (tertiary/aromatic N) is 2. The van der Waals surface area contributed by atoms with Crippen LogP contribution in [0, 0.1) is 0 Å². The second-order valence-corrected chi connectivity index (χ2v) is 5.47. The van der Waals surface area contributed by atoms with Crippen LogP contribution in [0.2, 0.25) is 0 Å². The third kappa shape index (κ3) is 2.46. The van der Waals surface area contributed by atoms with Crippen LogP contribution in [0.25, 0.3) is 0 Å². The molecule has 0 amide bonds. The molecule has 4 heteroatoms. The molecule has 0 radical (unpaired) electrons. The molecule has 1 aromatic rings. The summed E-state index contributed by atoms with van der Waals surface area (Å²) in [6.07, 6.45) is 4.58. The number of hydrogen-bond acceptors (Lipinski definition) is 4. The van der Waals surface area contributed by atoms with E-state index in [0.29, 0.717) is 0 Å². The molecule has 0 spiro atoms. The molecule has 1 unspecified atom stereocenters. The second kappa shape index (κ2) is 5.43. The normalized spacial score (nSPS) is 25.5. The highest BCUT2D eigenvalue weighted by atomic mass is 16.3. The first kappa shape index (κ1) is 12.2. The van der Waals surface area contributed by atoms with Crippen molar-refractivity contribution in [1.29, 1.82) is 0 Å². The highest BCUT2D eigenvalue weighted by molar-refractivity contribution is 5.17. The highest BCUT2D eigenvalue weighted by Crippen LogP contribution is 2.23. The van der Waals surface area contributed by atoms with Crippen LogP contribution in [-0.2, 0) is 13.1 Å². The fourth-order valence-electron chi connectivity index (χ4n) is 3.26. The van der Waals surface area contributed by atoms with Crippen molar-refractivity contribution in [3.05, 3.63) is 23.7 Å². The number of piperazine rings is 1. The van der Waals surface area contributed by atoms with Gasteiger partial charge < -0.3 is 9.73 Å². The van der Waals surface area contributed by atoms with Gasteiger partial charge in [0.1, 0.15) is 5.76 Å². The van der Waals surface area contributed by atoms with E-state index in [1.807, 2.05) is 13.3 Å². The van der Waals surface area contributed by atoms with Gasteiger partial charge in [-0.3, -0.25) is 9.80 Å². The smallest absolute Gasteiger partial charge is 0.122 e. The summed E-state index contributed by atoms with van der Waals surface area (Å²) < 4.78 is 5.53. The van der Waals surface area contributed by atoms with Crippen molar-refractivity contribution >= 4 is 0 Å². The van der Waals surface area contributed by atoms with Gasteiger partial charge in [0, 0.05) is 37.8 Å². The lowest BCUT2D eigenvalue weighted by Crippen LogP contribution is -2.49. The molecular formula is C14H23N3O. The van der Waals surface area contributed by atoms with Gasteiger partial charge in [-0.15, -0.1) is 0 Å². The monoisotopic (exact) mass is 249 g/mol. The second-order valence-electron chi connectivity index (χ2n) is 5.47. The molecule has 2 saturated heterocycles. The maximum Gasteiger partial charge on any atom is 0.122 e. The maximum atomic E-state index is 5.53. The van der Waals surface area contributed by atoms with E-state index in [9.17, 15) is 0 Å². The third-order valence-electron chi connectivity index (χ3n) is 4.24. The Bertz CT molecular complexity index is 390. The van der Waals surface area contributed by atoms with Crippen LogP contribution in [-0.4, -0.2) is 49.1 Å². The Morgan fingerprint density at radius 3 is 3.22 bits per heavy atom. The summed E-state index contributed by atoms with van der Waals surface area (Å²) in [5, 5.41) is 3.16. The van der Waals surface area contributed by atoms with Gasteiger partial charge in [-0.1, -0.05) is 0 Å². The number of rotatable bonds is 4. The van der Waals surface area contributed by atoms with Gasteiger partial charge in [-0.2, -0.15) is 0 Å². The molecule has 3 rings (SSSR count). The molecule has 1 N–H and O–H groups in total. The first-order valence-corrected chi connectivity index (χ1v) is 7.03. The van der Waals surface area contributed by atoms with E-state index in [1.165, 1.54) is 44.6 Å². The van der Waals surface area contributed by atoms with E-state index in [-0.39, 0.29) is 0 Å². The SMILES string of the molecule is CNCc1occc1CN1CCN2CCCC2C1. The first-order valence-electron chi connectivity index (χ1n) is 7.03. The zero-order valence-corrected chi connectivity index (χ0v) is 11.2. The highest BCUT2D eigenvalue weighted by Gasteiger charge is 2.30. The largest absolute Gasteiger partial charge is 0.468 e. The van der Waals surface area contributed by atoms with E-state index in [2.05, 4.69) is 21.2 Å². The molecule has 0 aromatic carbocycles. The minimum atomic E-state index is 0.804. The van der Waals surface area contributed by atoms with Crippen molar-refractivity contribution in [3.63, 3.8) is 0 Å². The Labute approximate surface area is 109 Å². The molecule has 3 heterocycles. The maximum absolute atomic E-state index is 5.53. The summed E-state index contributed by atoms with van der Waals surface area (Å²) in [4.78, 5) is 5.23. The fourth-order valence-corrected chi connectivity index (χ4v) is 3.26.